The fourth-order valence-electron chi connectivity index (χ4n) is 3.16. The monoisotopic (exact) mass is 317 g/mol. The molecule has 3 aromatic rings. The van der Waals surface area contributed by atoms with Gasteiger partial charge in [0.25, 0.3) is 0 Å². The average molecular weight is 317 g/mol. The van der Waals surface area contributed by atoms with Crippen molar-refractivity contribution in [1.29, 1.82) is 0 Å². The summed E-state index contributed by atoms with van der Waals surface area (Å²) in [4.78, 5) is 15.2. The van der Waals surface area contributed by atoms with Gasteiger partial charge >= 0.3 is 0 Å². The lowest BCUT2D eigenvalue weighted by Crippen LogP contribution is -2.29. The number of fused-ring (bicyclic) bond motifs is 1. The van der Waals surface area contributed by atoms with Crippen LogP contribution in [-0.2, 0) is 6.42 Å². The number of carbonyl (C=O) groups excluding carboxylic acids is 1. The normalized spacial score (nSPS) is 12.5. The summed E-state index contributed by atoms with van der Waals surface area (Å²) in [5.74, 6) is 0.182. The van der Waals surface area contributed by atoms with Crippen LogP contribution >= 0.6 is 0 Å². The van der Waals surface area contributed by atoms with Crippen LogP contribution in [0.5, 0.6) is 0 Å². The number of benzene rings is 3. The molecule has 0 fully saturated rings. The van der Waals surface area contributed by atoms with Gasteiger partial charge < -0.3 is 4.90 Å². The zero-order valence-corrected chi connectivity index (χ0v) is 14.3. The molecule has 0 spiro atoms. The SMILES string of the molecule is CN(C)C[C@H](Cc1ccccc1)C(=O)c1ccc2ccccc2c1. The topological polar surface area (TPSA) is 20.3 Å². The van der Waals surface area contributed by atoms with Crippen LogP contribution in [0.25, 0.3) is 10.8 Å². The highest BCUT2D eigenvalue weighted by Gasteiger charge is 2.21. The molecule has 0 radical (unpaired) electrons. The van der Waals surface area contributed by atoms with Gasteiger partial charge in [0.2, 0.25) is 0 Å². The first-order chi connectivity index (χ1) is 11.6. The van der Waals surface area contributed by atoms with Crippen LogP contribution in [0.2, 0.25) is 0 Å². The highest BCUT2D eigenvalue weighted by Crippen LogP contribution is 2.20. The number of carbonyl (C=O) groups is 1. The molecular weight excluding hydrogens is 294 g/mol. The smallest absolute Gasteiger partial charge is 0.167 e. The Hall–Kier alpha value is -2.45. The van der Waals surface area contributed by atoms with Crippen molar-refractivity contribution in [2.24, 2.45) is 5.92 Å². The Morgan fingerprint density at radius 2 is 1.54 bits per heavy atom. The molecule has 0 aliphatic rings. The van der Waals surface area contributed by atoms with Gasteiger partial charge in [0.15, 0.2) is 5.78 Å². The summed E-state index contributed by atoms with van der Waals surface area (Å²) in [7, 11) is 4.04. The third kappa shape index (κ3) is 3.90. The second-order valence-corrected chi connectivity index (χ2v) is 6.58. The standard InChI is InChI=1S/C22H23NO/c1-23(2)16-21(14-17-8-4-3-5-9-17)22(24)20-13-12-18-10-6-7-11-19(18)15-20/h3-13,15,21H,14,16H2,1-2H3/t21-/m0/s1. The van der Waals surface area contributed by atoms with Gasteiger partial charge in [-0.15, -0.1) is 0 Å². The van der Waals surface area contributed by atoms with Crippen molar-refractivity contribution < 1.29 is 4.79 Å². The first kappa shape index (κ1) is 16.4. The van der Waals surface area contributed by atoms with Crippen LogP contribution in [0.15, 0.2) is 72.8 Å². The minimum absolute atomic E-state index is 0.0384. The van der Waals surface area contributed by atoms with Gasteiger partial charge in [-0.3, -0.25) is 4.79 Å². The lowest BCUT2D eigenvalue weighted by atomic mass is 9.90. The third-order valence-electron chi connectivity index (χ3n) is 4.32. The van der Waals surface area contributed by atoms with Gasteiger partial charge in [-0.25, -0.2) is 0 Å². The first-order valence-corrected chi connectivity index (χ1v) is 8.35. The average Bonchev–Trinajstić information content (AvgIpc) is 2.60. The van der Waals surface area contributed by atoms with Gasteiger partial charge in [0.1, 0.15) is 0 Å². The quantitative estimate of drug-likeness (QED) is 0.626. The largest absolute Gasteiger partial charge is 0.309 e. The second kappa shape index (κ2) is 7.41. The number of rotatable bonds is 6. The Labute approximate surface area is 143 Å². The number of ketones is 1. The lowest BCUT2D eigenvalue weighted by molar-refractivity contribution is 0.0897. The molecule has 0 saturated carbocycles. The fraction of sp³-hybridized carbons (Fsp3) is 0.227. The van der Waals surface area contributed by atoms with Gasteiger partial charge in [-0.1, -0.05) is 66.7 Å². The van der Waals surface area contributed by atoms with Crippen molar-refractivity contribution in [3.8, 4) is 0 Å². The van der Waals surface area contributed by atoms with E-state index in [9.17, 15) is 4.79 Å². The van der Waals surface area contributed by atoms with E-state index in [4.69, 9.17) is 0 Å². The molecule has 2 heteroatoms. The zero-order valence-electron chi connectivity index (χ0n) is 14.3. The van der Waals surface area contributed by atoms with Crippen LogP contribution in [-0.4, -0.2) is 31.3 Å². The van der Waals surface area contributed by atoms with E-state index in [1.54, 1.807) is 0 Å². The molecule has 0 saturated heterocycles. The molecular formula is C22H23NO. The van der Waals surface area contributed by atoms with E-state index in [0.29, 0.717) is 0 Å². The maximum atomic E-state index is 13.1. The molecule has 0 aliphatic carbocycles. The van der Waals surface area contributed by atoms with Crippen molar-refractivity contribution in [2.45, 2.75) is 6.42 Å². The predicted molar refractivity (Wildman–Crippen MR) is 100 cm³/mol. The van der Waals surface area contributed by atoms with E-state index in [2.05, 4.69) is 29.2 Å². The Bertz CT molecular complexity index is 824. The summed E-state index contributed by atoms with van der Waals surface area (Å²) in [5.41, 5.74) is 2.01. The van der Waals surface area contributed by atoms with E-state index in [-0.39, 0.29) is 11.7 Å². The second-order valence-electron chi connectivity index (χ2n) is 6.58. The Morgan fingerprint density at radius 3 is 2.25 bits per heavy atom. The molecule has 0 aliphatic heterocycles. The van der Waals surface area contributed by atoms with Crippen molar-refractivity contribution in [1.82, 2.24) is 4.90 Å². The summed E-state index contributed by atoms with van der Waals surface area (Å²) in [6, 6.07) is 24.4. The Morgan fingerprint density at radius 1 is 0.875 bits per heavy atom. The number of nitrogens with zero attached hydrogens (tertiary/aromatic N) is 1. The van der Waals surface area contributed by atoms with E-state index in [0.717, 1.165) is 23.9 Å². The summed E-state index contributed by atoms with van der Waals surface area (Å²) in [6.45, 7) is 0.751. The van der Waals surface area contributed by atoms with E-state index in [1.807, 2.05) is 62.6 Å². The minimum Gasteiger partial charge on any atom is -0.309 e. The molecule has 2 nitrogen and oxygen atoms in total. The van der Waals surface area contributed by atoms with Crippen molar-refractivity contribution in [3.05, 3.63) is 83.9 Å². The van der Waals surface area contributed by atoms with Crippen LogP contribution in [0, 0.1) is 5.92 Å². The third-order valence-corrected chi connectivity index (χ3v) is 4.32. The first-order valence-electron chi connectivity index (χ1n) is 8.35. The summed E-state index contributed by atoms with van der Waals surface area (Å²) >= 11 is 0. The maximum absolute atomic E-state index is 13.1. The molecule has 0 heterocycles. The molecule has 0 amide bonds. The molecule has 0 N–H and O–H groups in total. The van der Waals surface area contributed by atoms with Crippen molar-refractivity contribution in [3.63, 3.8) is 0 Å². The van der Waals surface area contributed by atoms with Gasteiger partial charge in [0, 0.05) is 18.0 Å². The molecule has 1 atom stereocenters. The molecule has 0 bridgehead atoms. The van der Waals surface area contributed by atoms with E-state index in [1.165, 1.54) is 10.9 Å². The van der Waals surface area contributed by atoms with E-state index < -0.39 is 0 Å². The Balaban J connectivity index is 1.88. The number of hydrogen-bond donors (Lipinski definition) is 0. The molecule has 122 valence electrons. The van der Waals surface area contributed by atoms with Crippen LogP contribution in [0.1, 0.15) is 15.9 Å². The lowest BCUT2D eigenvalue weighted by Gasteiger charge is -2.20. The zero-order chi connectivity index (χ0) is 16.9. The van der Waals surface area contributed by atoms with Crippen LogP contribution in [0.4, 0.5) is 0 Å². The van der Waals surface area contributed by atoms with E-state index >= 15 is 0 Å². The number of hydrogen-bond acceptors (Lipinski definition) is 2. The summed E-state index contributed by atoms with van der Waals surface area (Å²) in [5, 5.41) is 2.29. The summed E-state index contributed by atoms with van der Waals surface area (Å²) < 4.78 is 0. The van der Waals surface area contributed by atoms with Gasteiger partial charge in [0.05, 0.1) is 0 Å². The molecule has 0 aromatic heterocycles. The highest BCUT2D eigenvalue weighted by molar-refractivity contribution is 6.01. The van der Waals surface area contributed by atoms with Gasteiger partial charge in [-0.05, 0) is 42.9 Å². The van der Waals surface area contributed by atoms with Crippen LogP contribution in [0.3, 0.4) is 0 Å². The number of Topliss-reactive ketones (excluding diaryl/α,β-unsaturated/α-hetero) is 1. The molecule has 24 heavy (non-hydrogen) atoms. The van der Waals surface area contributed by atoms with Crippen molar-refractivity contribution in [2.75, 3.05) is 20.6 Å². The molecule has 3 rings (SSSR count). The highest BCUT2D eigenvalue weighted by atomic mass is 16.1. The molecule has 3 aromatic carbocycles. The maximum Gasteiger partial charge on any atom is 0.167 e. The van der Waals surface area contributed by atoms with Crippen molar-refractivity contribution >= 4 is 16.6 Å². The fourth-order valence-corrected chi connectivity index (χ4v) is 3.16. The van der Waals surface area contributed by atoms with Crippen LogP contribution < -0.4 is 0 Å². The summed E-state index contributed by atoms with van der Waals surface area (Å²) in [6.07, 6.45) is 0.769. The Kier molecular flexibility index (Phi) is 5.07. The predicted octanol–water partition coefficient (Wildman–Crippen LogP) is 4.44. The van der Waals surface area contributed by atoms with Gasteiger partial charge in [-0.2, -0.15) is 0 Å². The minimum atomic E-state index is -0.0384. The molecule has 0 unspecified atom stereocenters.